The third kappa shape index (κ3) is 3.25. The summed E-state index contributed by atoms with van der Waals surface area (Å²) in [5.41, 5.74) is 0.593. The van der Waals surface area contributed by atoms with E-state index in [1.165, 1.54) is 23.9 Å². The lowest BCUT2D eigenvalue weighted by molar-refractivity contribution is 0.196. The summed E-state index contributed by atoms with van der Waals surface area (Å²) in [6, 6.07) is 11.8. The molecule has 0 spiro atoms. The Hall–Kier alpha value is -1.03. The number of halogens is 2. The number of hydrogen-bond donors (Lipinski definition) is 1. The van der Waals surface area contributed by atoms with E-state index in [9.17, 15) is 9.50 Å². The first kappa shape index (κ1) is 13.4. The molecule has 4 heteroatoms. The monoisotopic (exact) mass is 282 g/mol. The summed E-state index contributed by atoms with van der Waals surface area (Å²) in [6.07, 6.45) is -0.699. The molecule has 0 amide bonds. The highest BCUT2D eigenvalue weighted by molar-refractivity contribution is 7.99. The van der Waals surface area contributed by atoms with Crippen LogP contribution in [0.25, 0.3) is 0 Å². The summed E-state index contributed by atoms with van der Waals surface area (Å²) in [7, 11) is 0. The predicted molar refractivity (Wildman–Crippen MR) is 72.6 cm³/mol. The molecule has 0 aliphatic carbocycles. The smallest absolute Gasteiger partial charge is 0.123 e. The predicted octanol–water partition coefficient (Wildman–Crippen LogP) is 4.68. The summed E-state index contributed by atoms with van der Waals surface area (Å²) in [5, 5.41) is 10.3. The average Bonchev–Trinajstić information content (AvgIpc) is 2.34. The maximum Gasteiger partial charge on any atom is 0.123 e. The standard InChI is InChI=1S/C14H12ClFOS/c1-9(17)13-8-11(16)4-7-14(13)18-12-5-2-10(15)3-6-12/h2-9,17H,1H3/t9-/m1/s1. The summed E-state index contributed by atoms with van der Waals surface area (Å²) in [4.78, 5) is 1.83. The molecule has 1 atom stereocenters. The van der Waals surface area contributed by atoms with Gasteiger partial charge in [0.2, 0.25) is 0 Å². The van der Waals surface area contributed by atoms with Gasteiger partial charge < -0.3 is 5.11 Å². The van der Waals surface area contributed by atoms with Crippen LogP contribution in [0.4, 0.5) is 4.39 Å². The Balaban J connectivity index is 2.31. The minimum absolute atomic E-state index is 0.341. The van der Waals surface area contributed by atoms with Crippen LogP contribution in [0.5, 0.6) is 0 Å². The largest absolute Gasteiger partial charge is 0.389 e. The Kier molecular flexibility index (Phi) is 4.27. The number of benzene rings is 2. The van der Waals surface area contributed by atoms with Gasteiger partial charge in [-0.3, -0.25) is 0 Å². The van der Waals surface area contributed by atoms with Crippen LogP contribution in [0.2, 0.25) is 5.02 Å². The van der Waals surface area contributed by atoms with Crippen molar-refractivity contribution in [3.8, 4) is 0 Å². The van der Waals surface area contributed by atoms with Crippen LogP contribution in [-0.4, -0.2) is 5.11 Å². The molecule has 2 rings (SSSR count). The van der Waals surface area contributed by atoms with E-state index in [2.05, 4.69) is 0 Å². The van der Waals surface area contributed by atoms with E-state index in [1.807, 2.05) is 12.1 Å². The topological polar surface area (TPSA) is 20.2 Å². The van der Waals surface area contributed by atoms with Gasteiger partial charge in [-0.25, -0.2) is 4.39 Å². The van der Waals surface area contributed by atoms with Crippen LogP contribution in [-0.2, 0) is 0 Å². The van der Waals surface area contributed by atoms with E-state index in [0.717, 1.165) is 9.79 Å². The molecule has 0 fully saturated rings. The molecule has 0 bridgehead atoms. The average molecular weight is 283 g/mol. The molecular weight excluding hydrogens is 271 g/mol. The van der Waals surface area contributed by atoms with Crippen molar-refractivity contribution in [2.45, 2.75) is 22.8 Å². The Morgan fingerprint density at radius 1 is 1.17 bits per heavy atom. The highest BCUT2D eigenvalue weighted by Gasteiger charge is 2.10. The SMILES string of the molecule is C[C@@H](O)c1cc(F)ccc1Sc1ccc(Cl)cc1. The van der Waals surface area contributed by atoms with Crippen LogP contribution in [0.15, 0.2) is 52.3 Å². The molecule has 2 aromatic rings. The third-order valence-electron chi connectivity index (χ3n) is 2.46. The van der Waals surface area contributed by atoms with Crippen LogP contribution in [0.1, 0.15) is 18.6 Å². The summed E-state index contributed by atoms with van der Waals surface area (Å²) in [5.74, 6) is -0.341. The van der Waals surface area contributed by atoms with Crippen molar-refractivity contribution in [2.75, 3.05) is 0 Å². The normalized spacial score (nSPS) is 12.4. The first-order chi connectivity index (χ1) is 8.56. The third-order valence-corrected chi connectivity index (χ3v) is 3.81. The first-order valence-corrected chi connectivity index (χ1v) is 6.66. The molecule has 94 valence electrons. The minimum atomic E-state index is -0.699. The molecule has 0 saturated carbocycles. The Bertz CT molecular complexity index is 540. The van der Waals surface area contributed by atoms with Gasteiger partial charge >= 0.3 is 0 Å². The molecule has 0 saturated heterocycles. The van der Waals surface area contributed by atoms with Crippen LogP contribution in [0, 0.1) is 5.82 Å². The molecule has 2 aromatic carbocycles. The molecule has 0 heterocycles. The number of aliphatic hydroxyl groups is 1. The van der Waals surface area contributed by atoms with Gasteiger partial charge in [0, 0.05) is 14.8 Å². The molecule has 1 N–H and O–H groups in total. The van der Waals surface area contributed by atoms with Crippen molar-refractivity contribution < 1.29 is 9.50 Å². The molecular formula is C14H12ClFOS. The van der Waals surface area contributed by atoms with E-state index < -0.39 is 6.10 Å². The highest BCUT2D eigenvalue weighted by atomic mass is 35.5. The number of hydrogen-bond acceptors (Lipinski definition) is 2. The second-order valence-corrected chi connectivity index (χ2v) is 5.47. The molecule has 1 nitrogen and oxygen atoms in total. The summed E-state index contributed by atoms with van der Waals surface area (Å²) in [6.45, 7) is 1.63. The maximum atomic E-state index is 13.2. The zero-order valence-electron chi connectivity index (χ0n) is 9.73. The van der Waals surface area contributed by atoms with Crippen molar-refractivity contribution in [1.82, 2.24) is 0 Å². The van der Waals surface area contributed by atoms with Gasteiger partial charge in [-0.05, 0) is 55.0 Å². The molecule has 0 aliphatic rings. The van der Waals surface area contributed by atoms with Crippen molar-refractivity contribution in [2.24, 2.45) is 0 Å². The Morgan fingerprint density at radius 3 is 2.44 bits per heavy atom. The van der Waals surface area contributed by atoms with Gasteiger partial charge in [-0.1, -0.05) is 23.4 Å². The summed E-state index contributed by atoms with van der Waals surface area (Å²) < 4.78 is 13.2. The summed E-state index contributed by atoms with van der Waals surface area (Å²) >= 11 is 7.29. The first-order valence-electron chi connectivity index (χ1n) is 5.47. The van der Waals surface area contributed by atoms with Gasteiger partial charge in [-0.2, -0.15) is 0 Å². The van der Waals surface area contributed by atoms with Crippen LogP contribution < -0.4 is 0 Å². The highest BCUT2D eigenvalue weighted by Crippen LogP contribution is 2.34. The van der Waals surface area contributed by atoms with Gasteiger partial charge in [0.15, 0.2) is 0 Å². The Labute approximate surface area is 115 Å². The van der Waals surface area contributed by atoms with E-state index >= 15 is 0 Å². The van der Waals surface area contributed by atoms with E-state index in [1.54, 1.807) is 25.1 Å². The fourth-order valence-electron chi connectivity index (χ4n) is 1.57. The van der Waals surface area contributed by atoms with Gasteiger partial charge in [-0.15, -0.1) is 0 Å². The van der Waals surface area contributed by atoms with Gasteiger partial charge in [0.1, 0.15) is 5.82 Å². The van der Waals surface area contributed by atoms with Crippen molar-refractivity contribution in [1.29, 1.82) is 0 Å². The van der Waals surface area contributed by atoms with Crippen LogP contribution >= 0.6 is 23.4 Å². The zero-order valence-corrected chi connectivity index (χ0v) is 11.3. The molecule has 0 aliphatic heterocycles. The zero-order chi connectivity index (χ0) is 13.1. The van der Waals surface area contributed by atoms with Gasteiger partial charge in [0.25, 0.3) is 0 Å². The second-order valence-electron chi connectivity index (χ2n) is 3.91. The lowest BCUT2D eigenvalue weighted by Crippen LogP contribution is -1.95. The maximum absolute atomic E-state index is 13.2. The second kappa shape index (κ2) is 5.74. The van der Waals surface area contributed by atoms with E-state index in [-0.39, 0.29) is 5.82 Å². The lowest BCUT2D eigenvalue weighted by atomic mass is 10.1. The van der Waals surface area contributed by atoms with Crippen LogP contribution in [0.3, 0.4) is 0 Å². The van der Waals surface area contributed by atoms with Crippen molar-refractivity contribution >= 4 is 23.4 Å². The van der Waals surface area contributed by atoms with E-state index in [0.29, 0.717) is 10.6 Å². The number of rotatable bonds is 3. The Morgan fingerprint density at radius 2 is 1.83 bits per heavy atom. The molecule has 0 radical (unpaired) electrons. The van der Waals surface area contributed by atoms with Gasteiger partial charge in [0.05, 0.1) is 6.10 Å². The van der Waals surface area contributed by atoms with Crippen molar-refractivity contribution in [3.05, 3.63) is 58.9 Å². The quantitative estimate of drug-likeness (QED) is 0.882. The lowest BCUT2D eigenvalue weighted by Gasteiger charge is -2.11. The van der Waals surface area contributed by atoms with Crippen molar-refractivity contribution in [3.63, 3.8) is 0 Å². The number of aliphatic hydroxyl groups excluding tert-OH is 1. The van der Waals surface area contributed by atoms with E-state index in [4.69, 9.17) is 11.6 Å². The fourth-order valence-corrected chi connectivity index (χ4v) is 2.70. The minimum Gasteiger partial charge on any atom is -0.389 e. The molecule has 0 unspecified atom stereocenters. The molecule has 18 heavy (non-hydrogen) atoms. The molecule has 0 aromatic heterocycles. The fraction of sp³-hybridized carbons (Fsp3) is 0.143.